The lowest BCUT2D eigenvalue weighted by Gasteiger charge is -2.05. The Kier molecular flexibility index (Phi) is 3.11. The zero-order chi connectivity index (χ0) is 10.0. The van der Waals surface area contributed by atoms with Gasteiger partial charge in [-0.2, -0.15) is 0 Å². The summed E-state index contributed by atoms with van der Waals surface area (Å²) in [6.45, 7) is 0. The van der Waals surface area contributed by atoms with Crippen LogP contribution < -0.4 is 11.1 Å². The molecule has 3 N–H and O–H groups in total. The standard InChI is InChI=1S/C7H7BrClN3O/c1-11-7(13)6-5(10)3(8)2-4(9)12-6/h2H,10H2,1H3,(H,11,13). The number of amides is 1. The van der Waals surface area contributed by atoms with E-state index in [-0.39, 0.29) is 22.4 Å². The second kappa shape index (κ2) is 3.93. The Morgan fingerprint density at radius 3 is 2.92 bits per heavy atom. The van der Waals surface area contributed by atoms with E-state index < -0.39 is 0 Å². The molecule has 4 nitrogen and oxygen atoms in total. The lowest BCUT2D eigenvalue weighted by atomic mass is 10.3. The molecule has 13 heavy (non-hydrogen) atoms. The fraction of sp³-hybridized carbons (Fsp3) is 0.143. The Morgan fingerprint density at radius 1 is 1.77 bits per heavy atom. The Morgan fingerprint density at radius 2 is 2.38 bits per heavy atom. The molecule has 1 amide bonds. The van der Waals surface area contributed by atoms with Crippen LogP contribution in [0.3, 0.4) is 0 Å². The smallest absolute Gasteiger partial charge is 0.271 e. The van der Waals surface area contributed by atoms with Gasteiger partial charge in [0.15, 0.2) is 5.69 Å². The molecule has 1 aromatic heterocycles. The van der Waals surface area contributed by atoms with Crippen LogP contribution in [0.15, 0.2) is 10.5 Å². The number of carbonyl (C=O) groups is 1. The van der Waals surface area contributed by atoms with Gasteiger partial charge in [-0.3, -0.25) is 4.79 Å². The molecule has 0 atom stereocenters. The van der Waals surface area contributed by atoms with Crippen molar-refractivity contribution in [1.29, 1.82) is 0 Å². The van der Waals surface area contributed by atoms with Gasteiger partial charge in [-0.15, -0.1) is 0 Å². The summed E-state index contributed by atoms with van der Waals surface area (Å²) in [5.41, 5.74) is 6.01. The number of carbonyl (C=O) groups excluding carboxylic acids is 1. The van der Waals surface area contributed by atoms with Crippen molar-refractivity contribution in [2.45, 2.75) is 0 Å². The average Bonchev–Trinajstić information content (AvgIpc) is 2.10. The second-order valence-electron chi connectivity index (χ2n) is 2.27. The summed E-state index contributed by atoms with van der Waals surface area (Å²) in [7, 11) is 1.50. The summed E-state index contributed by atoms with van der Waals surface area (Å²) < 4.78 is 0.561. The average molecular weight is 265 g/mol. The number of nitrogens with one attached hydrogen (secondary N) is 1. The minimum atomic E-state index is -0.360. The molecule has 0 aliphatic rings. The number of halogens is 2. The van der Waals surface area contributed by atoms with Crippen molar-refractivity contribution in [2.24, 2.45) is 0 Å². The molecule has 6 heteroatoms. The Bertz CT molecular complexity index is 356. The third-order valence-electron chi connectivity index (χ3n) is 1.42. The lowest BCUT2D eigenvalue weighted by molar-refractivity contribution is 0.0959. The van der Waals surface area contributed by atoms with Gasteiger partial charge in [-0.25, -0.2) is 4.98 Å². The topological polar surface area (TPSA) is 68.0 Å². The van der Waals surface area contributed by atoms with E-state index in [1.54, 1.807) is 0 Å². The molecule has 1 aromatic rings. The number of nitrogen functional groups attached to an aromatic ring is 1. The summed E-state index contributed by atoms with van der Waals surface area (Å²) >= 11 is 8.81. The third kappa shape index (κ3) is 2.10. The lowest BCUT2D eigenvalue weighted by Crippen LogP contribution is -2.21. The third-order valence-corrected chi connectivity index (χ3v) is 2.27. The van der Waals surface area contributed by atoms with Crippen LogP contribution in [0.4, 0.5) is 5.69 Å². The fourth-order valence-corrected chi connectivity index (χ4v) is 1.52. The van der Waals surface area contributed by atoms with Gasteiger partial charge in [0, 0.05) is 11.5 Å². The highest BCUT2D eigenvalue weighted by Gasteiger charge is 2.13. The van der Waals surface area contributed by atoms with E-state index in [0.717, 1.165) is 0 Å². The van der Waals surface area contributed by atoms with Crippen LogP contribution in [-0.4, -0.2) is 17.9 Å². The van der Waals surface area contributed by atoms with Crippen molar-refractivity contribution < 1.29 is 4.79 Å². The first kappa shape index (κ1) is 10.3. The summed E-state index contributed by atoms with van der Waals surface area (Å²) in [6, 6.07) is 1.53. The van der Waals surface area contributed by atoms with E-state index >= 15 is 0 Å². The fourth-order valence-electron chi connectivity index (χ4n) is 0.786. The minimum Gasteiger partial charge on any atom is -0.396 e. The molecule has 0 saturated heterocycles. The molecule has 70 valence electrons. The highest BCUT2D eigenvalue weighted by Crippen LogP contribution is 2.24. The van der Waals surface area contributed by atoms with Gasteiger partial charge >= 0.3 is 0 Å². The van der Waals surface area contributed by atoms with Crippen molar-refractivity contribution in [1.82, 2.24) is 10.3 Å². The SMILES string of the molecule is CNC(=O)c1nc(Cl)cc(Br)c1N. The number of hydrogen-bond donors (Lipinski definition) is 2. The predicted molar refractivity (Wildman–Crippen MR) is 54.7 cm³/mol. The Labute approximate surface area is 88.6 Å². The normalized spacial score (nSPS) is 9.77. The number of pyridine rings is 1. The monoisotopic (exact) mass is 263 g/mol. The molecule has 0 spiro atoms. The molecule has 0 aliphatic heterocycles. The van der Waals surface area contributed by atoms with Crippen LogP contribution in [0.2, 0.25) is 5.15 Å². The first-order valence-electron chi connectivity index (χ1n) is 3.40. The minimum absolute atomic E-state index is 0.127. The molecule has 0 bridgehead atoms. The van der Waals surface area contributed by atoms with Crippen molar-refractivity contribution in [3.05, 3.63) is 21.4 Å². The Hall–Kier alpha value is -0.810. The van der Waals surface area contributed by atoms with Crippen LogP contribution in [0, 0.1) is 0 Å². The summed E-state index contributed by atoms with van der Waals surface area (Å²) in [6.07, 6.45) is 0. The van der Waals surface area contributed by atoms with E-state index in [9.17, 15) is 4.79 Å². The zero-order valence-corrected chi connectivity index (χ0v) is 9.11. The van der Waals surface area contributed by atoms with E-state index in [4.69, 9.17) is 17.3 Å². The molecular formula is C7H7BrClN3O. The molecule has 0 unspecified atom stereocenters. The summed E-state index contributed by atoms with van der Waals surface area (Å²) in [5, 5.41) is 2.64. The number of anilines is 1. The van der Waals surface area contributed by atoms with Crippen molar-refractivity contribution in [3.8, 4) is 0 Å². The number of aromatic nitrogens is 1. The molecule has 1 rings (SSSR count). The van der Waals surface area contributed by atoms with Gasteiger partial charge in [0.2, 0.25) is 0 Å². The zero-order valence-electron chi connectivity index (χ0n) is 6.77. The maximum atomic E-state index is 11.2. The van der Waals surface area contributed by atoms with Gasteiger partial charge in [0.1, 0.15) is 5.15 Å². The quantitative estimate of drug-likeness (QED) is 0.754. The maximum Gasteiger partial charge on any atom is 0.271 e. The summed E-state index contributed by atoms with van der Waals surface area (Å²) in [5.74, 6) is -0.360. The highest BCUT2D eigenvalue weighted by molar-refractivity contribution is 9.10. The molecule has 0 aromatic carbocycles. The molecule has 0 aliphatic carbocycles. The maximum absolute atomic E-state index is 11.2. The van der Waals surface area contributed by atoms with E-state index in [2.05, 4.69) is 26.2 Å². The van der Waals surface area contributed by atoms with E-state index in [1.165, 1.54) is 13.1 Å². The predicted octanol–water partition coefficient (Wildman–Crippen LogP) is 1.44. The largest absolute Gasteiger partial charge is 0.396 e. The van der Waals surface area contributed by atoms with Crippen molar-refractivity contribution in [3.63, 3.8) is 0 Å². The molecule has 0 saturated carbocycles. The van der Waals surface area contributed by atoms with Gasteiger partial charge in [-0.05, 0) is 22.0 Å². The van der Waals surface area contributed by atoms with E-state index in [0.29, 0.717) is 4.47 Å². The first-order chi connectivity index (χ1) is 6.06. The number of nitrogens with two attached hydrogens (primary N) is 1. The molecular weight excluding hydrogens is 257 g/mol. The second-order valence-corrected chi connectivity index (χ2v) is 3.51. The van der Waals surface area contributed by atoms with Crippen LogP contribution in [0.1, 0.15) is 10.5 Å². The first-order valence-corrected chi connectivity index (χ1v) is 4.57. The van der Waals surface area contributed by atoms with Crippen molar-refractivity contribution >= 4 is 39.1 Å². The molecule has 0 fully saturated rings. The van der Waals surface area contributed by atoms with Gasteiger partial charge in [-0.1, -0.05) is 11.6 Å². The van der Waals surface area contributed by atoms with Gasteiger partial charge in [0.05, 0.1) is 5.69 Å². The van der Waals surface area contributed by atoms with Crippen molar-refractivity contribution in [2.75, 3.05) is 12.8 Å². The van der Waals surface area contributed by atoms with Crippen LogP contribution >= 0.6 is 27.5 Å². The summed E-state index contributed by atoms with van der Waals surface area (Å²) in [4.78, 5) is 15.0. The number of rotatable bonds is 1. The van der Waals surface area contributed by atoms with Crippen LogP contribution in [-0.2, 0) is 0 Å². The van der Waals surface area contributed by atoms with Crippen LogP contribution in [0.25, 0.3) is 0 Å². The Balaban J connectivity index is 3.28. The van der Waals surface area contributed by atoms with Gasteiger partial charge in [0.25, 0.3) is 5.91 Å². The molecule has 1 heterocycles. The van der Waals surface area contributed by atoms with E-state index in [1.807, 2.05) is 0 Å². The molecule has 0 radical (unpaired) electrons. The van der Waals surface area contributed by atoms with Crippen LogP contribution in [0.5, 0.6) is 0 Å². The van der Waals surface area contributed by atoms with Gasteiger partial charge < -0.3 is 11.1 Å². The highest BCUT2D eigenvalue weighted by atomic mass is 79.9. The number of nitrogens with zero attached hydrogens (tertiary/aromatic N) is 1. The number of hydrogen-bond acceptors (Lipinski definition) is 3.